The lowest BCUT2D eigenvalue weighted by molar-refractivity contribution is -0.402. The van der Waals surface area contributed by atoms with Gasteiger partial charge in [-0.1, -0.05) is 0 Å². The van der Waals surface area contributed by atoms with E-state index in [2.05, 4.69) is 0 Å². The van der Waals surface area contributed by atoms with Crippen LogP contribution in [0.3, 0.4) is 0 Å². The van der Waals surface area contributed by atoms with Crippen LogP contribution < -0.4 is 0 Å². The third kappa shape index (κ3) is 3.67. The van der Waals surface area contributed by atoms with Crippen molar-refractivity contribution >= 4 is 34.7 Å². The van der Waals surface area contributed by atoms with Crippen molar-refractivity contribution in [2.75, 3.05) is 0 Å². The topological polar surface area (TPSA) is 247 Å². The number of carbonyl (C=O) groups is 2. The Bertz CT molecular complexity index is 1010. The van der Waals surface area contributed by atoms with E-state index >= 15 is 0 Å². The van der Waals surface area contributed by atoms with Crippen LogP contribution >= 0.6 is 0 Å². The Labute approximate surface area is 162 Å². The van der Waals surface area contributed by atoms with Crippen molar-refractivity contribution in [1.29, 1.82) is 0 Å². The van der Waals surface area contributed by atoms with E-state index in [1.54, 1.807) is 0 Å². The number of rotatable bonds is 7. The van der Waals surface area contributed by atoms with Crippen molar-refractivity contribution in [3.8, 4) is 11.1 Å². The monoisotopic (exact) mass is 422 g/mol. The summed E-state index contributed by atoms with van der Waals surface area (Å²) in [6, 6.07) is 1.28. The summed E-state index contributed by atoms with van der Waals surface area (Å²) in [7, 11) is 0. The van der Waals surface area contributed by atoms with E-state index in [9.17, 15) is 60.3 Å². The van der Waals surface area contributed by atoms with Crippen LogP contribution in [0.15, 0.2) is 24.3 Å². The second-order valence-electron chi connectivity index (χ2n) is 5.41. The van der Waals surface area contributed by atoms with Crippen molar-refractivity contribution in [3.05, 3.63) is 75.8 Å². The fourth-order valence-electron chi connectivity index (χ4n) is 2.59. The number of carboxylic acid groups (broad SMARTS) is 2. The fraction of sp³-hybridized carbons (Fsp3) is 0. The minimum atomic E-state index is -1.99. The summed E-state index contributed by atoms with van der Waals surface area (Å²) in [6.45, 7) is 0. The van der Waals surface area contributed by atoms with E-state index in [0.29, 0.717) is 12.1 Å². The van der Waals surface area contributed by atoms with Gasteiger partial charge in [0.2, 0.25) is 0 Å². The zero-order valence-electron chi connectivity index (χ0n) is 14.1. The second kappa shape index (κ2) is 7.54. The molecule has 0 fully saturated rings. The van der Waals surface area contributed by atoms with Gasteiger partial charge >= 0.3 is 11.9 Å². The average molecular weight is 422 g/mol. The largest absolute Gasteiger partial charge is 0.478 e. The first-order chi connectivity index (χ1) is 13.9. The number of hydrogen-bond donors (Lipinski definition) is 2. The smallest absolute Gasteiger partial charge is 0.336 e. The van der Waals surface area contributed by atoms with Gasteiger partial charge in [0, 0.05) is 17.7 Å². The molecule has 0 radical (unpaired) electrons. The van der Waals surface area contributed by atoms with E-state index in [1.807, 2.05) is 0 Å². The van der Waals surface area contributed by atoms with Crippen LogP contribution in [0.4, 0.5) is 22.7 Å². The second-order valence-corrected chi connectivity index (χ2v) is 5.41. The lowest BCUT2D eigenvalue weighted by Crippen LogP contribution is -2.11. The molecule has 0 aromatic heterocycles. The number of carboxylic acids is 2. The van der Waals surface area contributed by atoms with Crippen molar-refractivity contribution in [1.82, 2.24) is 0 Å². The SMILES string of the molecule is O=C(O)c1cc([N+](=O)[O-])cc(C(=O)O)c1-c1c([N+](=O)[O-])cc([N+](=O)[O-])cc1[N+](=O)[O-]. The van der Waals surface area contributed by atoms with E-state index in [1.165, 1.54) is 0 Å². The van der Waals surface area contributed by atoms with Gasteiger partial charge in [0.25, 0.3) is 22.7 Å². The Balaban J connectivity index is 3.21. The van der Waals surface area contributed by atoms with Gasteiger partial charge in [-0.25, -0.2) is 9.59 Å². The lowest BCUT2D eigenvalue weighted by atomic mass is 9.91. The Morgan fingerprint density at radius 3 is 1.20 bits per heavy atom. The summed E-state index contributed by atoms with van der Waals surface area (Å²) in [5.74, 6) is -3.98. The van der Waals surface area contributed by atoms with Crippen LogP contribution in [0.2, 0.25) is 0 Å². The van der Waals surface area contributed by atoms with Crippen LogP contribution in [0, 0.1) is 40.5 Å². The molecular formula is C14H6N4O12. The highest BCUT2D eigenvalue weighted by atomic mass is 16.6. The van der Waals surface area contributed by atoms with E-state index in [-0.39, 0.29) is 12.1 Å². The first-order valence-electron chi connectivity index (χ1n) is 7.27. The summed E-state index contributed by atoms with van der Waals surface area (Å²) < 4.78 is 0. The van der Waals surface area contributed by atoms with Crippen molar-refractivity contribution in [2.45, 2.75) is 0 Å². The number of hydrogen-bond acceptors (Lipinski definition) is 10. The van der Waals surface area contributed by atoms with Gasteiger partial charge in [0.15, 0.2) is 0 Å². The first-order valence-corrected chi connectivity index (χ1v) is 7.27. The molecule has 0 saturated heterocycles. The first kappa shape index (κ1) is 21.3. The third-order valence-corrected chi connectivity index (χ3v) is 3.73. The van der Waals surface area contributed by atoms with Gasteiger partial charge in [-0.2, -0.15) is 0 Å². The number of nitrogens with zero attached hydrogens (tertiary/aromatic N) is 4. The molecule has 154 valence electrons. The molecule has 0 unspecified atom stereocenters. The highest BCUT2D eigenvalue weighted by molar-refractivity contribution is 6.08. The van der Waals surface area contributed by atoms with Gasteiger partial charge in [-0.05, 0) is 0 Å². The molecule has 30 heavy (non-hydrogen) atoms. The quantitative estimate of drug-likeness (QED) is 0.482. The molecule has 0 aliphatic carbocycles. The molecular weight excluding hydrogens is 416 g/mol. The normalized spacial score (nSPS) is 10.3. The number of aromatic carboxylic acids is 2. The van der Waals surface area contributed by atoms with Gasteiger partial charge in [-0.15, -0.1) is 0 Å². The standard InChI is InChI=1S/C14H6N4O12/c19-13(20)7-1-5(15(23)24)2-8(14(21)22)11(7)12-9(17(27)28)3-6(16(25)26)4-10(12)18(29)30/h1-4H,(H,19,20)(H,21,22). The molecule has 0 atom stereocenters. The Kier molecular flexibility index (Phi) is 5.35. The molecule has 0 heterocycles. The highest BCUT2D eigenvalue weighted by Gasteiger charge is 2.37. The van der Waals surface area contributed by atoms with Gasteiger partial charge in [-0.3, -0.25) is 40.5 Å². The number of nitro groups is 4. The third-order valence-electron chi connectivity index (χ3n) is 3.73. The van der Waals surface area contributed by atoms with E-state index in [0.717, 1.165) is 0 Å². The Morgan fingerprint density at radius 1 is 0.600 bits per heavy atom. The summed E-state index contributed by atoms with van der Waals surface area (Å²) in [4.78, 5) is 63.1. The molecule has 2 aromatic rings. The average Bonchev–Trinajstić information content (AvgIpc) is 2.65. The molecule has 0 saturated carbocycles. The van der Waals surface area contributed by atoms with Crippen molar-refractivity contribution < 1.29 is 39.5 Å². The van der Waals surface area contributed by atoms with Crippen LogP contribution in [-0.2, 0) is 0 Å². The van der Waals surface area contributed by atoms with Crippen LogP contribution in [0.25, 0.3) is 11.1 Å². The molecule has 0 spiro atoms. The van der Waals surface area contributed by atoms with Crippen LogP contribution in [0.5, 0.6) is 0 Å². The zero-order valence-corrected chi connectivity index (χ0v) is 14.1. The minimum absolute atomic E-state index is 0.279. The zero-order chi connectivity index (χ0) is 22.9. The summed E-state index contributed by atoms with van der Waals surface area (Å²) >= 11 is 0. The minimum Gasteiger partial charge on any atom is -0.478 e. The van der Waals surface area contributed by atoms with Crippen LogP contribution in [0.1, 0.15) is 20.7 Å². The summed E-state index contributed by atoms with van der Waals surface area (Å²) in [5, 5.41) is 63.6. The number of benzene rings is 2. The highest BCUT2D eigenvalue weighted by Crippen LogP contribution is 2.45. The fourth-order valence-corrected chi connectivity index (χ4v) is 2.59. The van der Waals surface area contributed by atoms with E-state index < -0.39 is 76.6 Å². The molecule has 2 rings (SSSR count). The Morgan fingerprint density at radius 2 is 0.933 bits per heavy atom. The predicted octanol–water partition coefficient (Wildman–Crippen LogP) is 2.38. The van der Waals surface area contributed by atoms with Crippen molar-refractivity contribution in [2.24, 2.45) is 0 Å². The molecule has 16 nitrogen and oxygen atoms in total. The maximum Gasteiger partial charge on any atom is 0.336 e. The number of nitro benzene ring substituents is 4. The maximum absolute atomic E-state index is 11.6. The van der Waals surface area contributed by atoms with Gasteiger partial charge in [0.05, 0.1) is 43.0 Å². The molecule has 2 aromatic carbocycles. The molecule has 0 amide bonds. The lowest BCUT2D eigenvalue weighted by Gasteiger charge is -2.11. The van der Waals surface area contributed by atoms with Crippen molar-refractivity contribution in [3.63, 3.8) is 0 Å². The van der Waals surface area contributed by atoms with Gasteiger partial charge < -0.3 is 10.2 Å². The molecule has 0 aliphatic heterocycles. The summed E-state index contributed by atoms with van der Waals surface area (Å²) in [6.07, 6.45) is 0. The Hall–Kier alpha value is -5.02. The predicted molar refractivity (Wildman–Crippen MR) is 92.4 cm³/mol. The van der Waals surface area contributed by atoms with E-state index in [4.69, 9.17) is 0 Å². The molecule has 2 N–H and O–H groups in total. The molecule has 0 aliphatic rings. The molecule has 0 bridgehead atoms. The van der Waals surface area contributed by atoms with Crippen LogP contribution in [-0.4, -0.2) is 41.8 Å². The summed E-state index contributed by atoms with van der Waals surface area (Å²) in [5.41, 5.74) is -9.37. The number of non-ortho nitro benzene ring substituents is 2. The molecule has 16 heteroatoms. The maximum atomic E-state index is 11.6. The van der Waals surface area contributed by atoms with Gasteiger partial charge in [0.1, 0.15) is 5.56 Å².